The van der Waals surface area contributed by atoms with Crippen molar-refractivity contribution in [3.05, 3.63) is 88.5 Å². The van der Waals surface area contributed by atoms with Crippen molar-refractivity contribution in [3.63, 3.8) is 0 Å². The quantitative estimate of drug-likeness (QED) is 0.692. The van der Waals surface area contributed by atoms with Crippen molar-refractivity contribution >= 4 is 23.5 Å². The molecule has 7 heteroatoms. The van der Waals surface area contributed by atoms with Crippen LogP contribution in [-0.2, 0) is 13.1 Å². The van der Waals surface area contributed by atoms with Crippen LogP contribution in [0.5, 0.6) is 0 Å². The van der Waals surface area contributed by atoms with E-state index >= 15 is 0 Å². The number of nitrogens with zero attached hydrogens (tertiary/aromatic N) is 2. The number of carbonyl (C=O) groups excluding carboxylic acids is 1. The molecule has 0 spiro atoms. The Morgan fingerprint density at radius 2 is 1.69 bits per heavy atom. The van der Waals surface area contributed by atoms with Crippen molar-refractivity contribution in [2.45, 2.75) is 13.1 Å². The minimum absolute atomic E-state index is 0.297. The van der Waals surface area contributed by atoms with E-state index in [-0.39, 0.29) is 11.7 Å². The zero-order valence-electron chi connectivity index (χ0n) is 13.7. The molecule has 3 rings (SSSR count). The Morgan fingerprint density at radius 1 is 1.00 bits per heavy atom. The van der Waals surface area contributed by atoms with E-state index in [1.807, 2.05) is 24.3 Å². The van der Waals surface area contributed by atoms with E-state index in [4.69, 9.17) is 11.6 Å². The second kappa shape index (κ2) is 8.40. The molecular weight excluding hydrogens is 355 g/mol. The summed E-state index contributed by atoms with van der Waals surface area (Å²) in [6, 6.07) is 13.4. The van der Waals surface area contributed by atoms with Crippen molar-refractivity contribution in [2.75, 3.05) is 5.32 Å². The van der Waals surface area contributed by atoms with Gasteiger partial charge in [0.25, 0.3) is 5.91 Å². The van der Waals surface area contributed by atoms with Gasteiger partial charge in [0, 0.05) is 30.5 Å². The van der Waals surface area contributed by atoms with E-state index in [1.54, 1.807) is 12.1 Å². The average molecular weight is 371 g/mol. The highest BCUT2D eigenvalue weighted by Crippen LogP contribution is 2.15. The van der Waals surface area contributed by atoms with Crippen LogP contribution < -0.4 is 10.6 Å². The Labute approximate surface area is 155 Å². The maximum Gasteiger partial charge on any atom is 0.254 e. The summed E-state index contributed by atoms with van der Waals surface area (Å²) in [5, 5.41) is 6.46. The normalized spacial score (nSPS) is 10.4. The standard InChI is InChI=1S/C19H16ClFN4O/c20-17-4-2-1-3-14(17)10-23-19-24-11-15(12-25-19)18(26)22-9-13-5-7-16(21)8-6-13/h1-8,11-12H,9-10H2,(H,22,26)(H,23,24,25). The number of anilines is 1. The lowest BCUT2D eigenvalue weighted by Gasteiger charge is -2.08. The molecule has 0 atom stereocenters. The molecule has 0 aliphatic heterocycles. The van der Waals surface area contributed by atoms with Crippen LogP contribution in [0.25, 0.3) is 0 Å². The van der Waals surface area contributed by atoms with Crippen LogP contribution in [0.4, 0.5) is 10.3 Å². The molecule has 0 fully saturated rings. The van der Waals surface area contributed by atoms with Crippen LogP contribution in [0.2, 0.25) is 5.02 Å². The van der Waals surface area contributed by atoms with Crippen LogP contribution >= 0.6 is 11.6 Å². The molecule has 0 unspecified atom stereocenters. The van der Waals surface area contributed by atoms with Crippen molar-refractivity contribution in [1.82, 2.24) is 15.3 Å². The highest BCUT2D eigenvalue weighted by Gasteiger charge is 2.07. The summed E-state index contributed by atoms with van der Waals surface area (Å²) < 4.78 is 12.9. The van der Waals surface area contributed by atoms with E-state index in [2.05, 4.69) is 20.6 Å². The third kappa shape index (κ3) is 4.77. The van der Waals surface area contributed by atoms with Gasteiger partial charge in [-0.1, -0.05) is 41.9 Å². The van der Waals surface area contributed by atoms with Gasteiger partial charge in [0.05, 0.1) is 5.56 Å². The molecular formula is C19H16ClFN4O. The number of carbonyl (C=O) groups is 1. The number of hydrogen-bond donors (Lipinski definition) is 2. The van der Waals surface area contributed by atoms with Gasteiger partial charge in [-0.25, -0.2) is 14.4 Å². The minimum Gasteiger partial charge on any atom is -0.350 e. The second-order valence-corrected chi connectivity index (χ2v) is 5.96. The number of nitrogens with one attached hydrogen (secondary N) is 2. The van der Waals surface area contributed by atoms with Crippen LogP contribution in [0.1, 0.15) is 21.5 Å². The molecule has 0 saturated carbocycles. The maximum absolute atomic E-state index is 12.9. The smallest absolute Gasteiger partial charge is 0.254 e. The molecule has 2 aromatic carbocycles. The number of hydrogen-bond acceptors (Lipinski definition) is 4. The Kier molecular flexibility index (Phi) is 5.76. The van der Waals surface area contributed by atoms with Gasteiger partial charge in [0.1, 0.15) is 5.82 Å². The monoisotopic (exact) mass is 370 g/mol. The van der Waals surface area contributed by atoms with Gasteiger partial charge >= 0.3 is 0 Å². The molecule has 2 N–H and O–H groups in total. The summed E-state index contributed by atoms with van der Waals surface area (Å²) in [5.74, 6) is -0.208. The predicted molar refractivity (Wildman–Crippen MR) is 98.4 cm³/mol. The first-order valence-corrected chi connectivity index (χ1v) is 8.31. The molecule has 0 aliphatic rings. The Balaban J connectivity index is 1.54. The molecule has 3 aromatic rings. The lowest BCUT2D eigenvalue weighted by molar-refractivity contribution is 0.0950. The van der Waals surface area contributed by atoms with E-state index in [0.717, 1.165) is 11.1 Å². The van der Waals surface area contributed by atoms with E-state index in [1.165, 1.54) is 24.5 Å². The van der Waals surface area contributed by atoms with Crippen molar-refractivity contribution < 1.29 is 9.18 Å². The van der Waals surface area contributed by atoms with Gasteiger partial charge in [-0.15, -0.1) is 0 Å². The molecule has 0 aliphatic carbocycles. The van der Waals surface area contributed by atoms with Gasteiger partial charge in [-0.3, -0.25) is 4.79 Å². The van der Waals surface area contributed by atoms with Gasteiger partial charge < -0.3 is 10.6 Å². The predicted octanol–water partition coefficient (Wildman–Crippen LogP) is 3.81. The number of benzene rings is 2. The molecule has 1 amide bonds. The summed E-state index contributed by atoms with van der Waals surface area (Å²) in [4.78, 5) is 20.4. The Morgan fingerprint density at radius 3 is 2.38 bits per heavy atom. The van der Waals surface area contributed by atoms with Crippen LogP contribution in [0.3, 0.4) is 0 Å². The summed E-state index contributed by atoms with van der Waals surface area (Å²) >= 11 is 6.10. The first-order valence-electron chi connectivity index (χ1n) is 7.94. The van der Waals surface area contributed by atoms with Gasteiger partial charge in [-0.05, 0) is 29.3 Å². The third-order valence-electron chi connectivity index (χ3n) is 3.68. The van der Waals surface area contributed by atoms with E-state index in [9.17, 15) is 9.18 Å². The number of rotatable bonds is 6. The Bertz CT molecular complexity index is 885. The second-order valence-electron chi connectivity index (χ2n) is 5.55. The first-order chi connectivity index (χ1) is 12.6. The van der Waals surface area contributed by atoms with Crippen LogP contribution in [0.15, 0.2) is 60.9 Å². The van der Waals surface area contributed by atoms with Gasteiger partial charge in [0.15, 0.2) is 0 Å². The fraction of sp³-hybridized carbons (Fsp3) is 0.105. The zero-order valence-corrected chi connectivity index (χ0v) is 14.5. The third-order valence-corrected chi connectivity index (χ3v) is 4.04. The van der Waals surface area contributed by atoms with E-state index in [0.29, 0.717) is 29.6 Å². The SMILES string of the molecule is O=C(NCc1ccc(F)cc1)c1cnc(NCc2ccccc2Cl)nc1. The lowest BCUT2D eigenvalue weighted by Crippen LogP contribution is -2.23. The minimum atomic E-state index is -0.312. The largest absolute Gasteiger partial charge is 0.350 e. The lowest BCUT2D eigenvalue weighted by atomic mass is 10.2. The van der Waals surface area contributed by atoms with Gasteiger partial charge in [-0.2, -0.15) is 0 Å². The van der Waals surface area contributed by atoms with Crippen molar-refractivity contribution in [3.8, 4) is 0 Å². The highest BCUT2D eigenvalue weighted by atomic mass is 35.5. The summed E-state index contributed by atoms with van der Waals surface area (Å²) in [6.45, 7) is 0.779. The fourth-order valence-corrected chi connectivity index (χ4v) is 2.44. The maximum atomic E-state index is 12.9. The molecule has 1 aromatic heterocycles. The molecule has 0 bridgehead atoms. The fourth-order valence-electron chi connectivity index (χ4n) is 2.24. The topological polar surface area (TPSA) is 66.9 Å². The summed E-state index contributed by atoms with van der Waals surface area (Å²) in [7, 11) is 0. The summed E-state index contributed by atoms with van der Waals surface area (Å²) in [6.07, 6.45) is 2.89. The zero-order chi connectivity index (χ0) is 18.4. The summed E-state index contributed by atoms with van der Waals surface area (Å²) in [5.41, 5.74) is 2.08. The van der Waals surface area contributed by atoms with E-state index < -0.39 is 0 Å². The molecule has 0 saturated heterocycles. The number of halogens is 2. The molecule has 132 valence electrons. The van der Waals surface area contributed by atoms with Crippen molar-refractivity contribution in [2.24, 2.45) is 0 Å². The molecule has 5 nitrogen and oxygen atoms in total. The molecule has 26 heavy (non-hydrogen) atoms. The highest BCUT2D eigenvalue weighted by molar-refractivity contribution is 6.31. The molecule has 0 radical (unpaired) electrons. The molecule has 1 heterocycles. The average Bonchev–Trinajstić information content (AvgIpc) is 2.67. The van der Waals surface area contributed by atoms with Crippen LogP contribution in [-0.4, -0.2) is 15.9 Å². The van der Waals surface area contributed by atoms with Crippen LogP contribution in [0, 0.1) is 5.82 Å². The Hall–Kier alpha value is -2.99. The number of aromatic nitrogens is 2. The van der Waals surface area contributed by atoms with Crippen molar-refractivity contribution in [1.29, 1.82) is 0 Å². The van der Waals surface area contributed by atoms with Gasteiger partial charge in [0.2, 0.25) is 5.95 Å². The first kappa shape index (κ1) is 17.8. The number of amides is 1.